The summed E-state index contributed by atoms with van der Waals surface area (Å²) in [6.45, 7) is 8.73. The number of carbonyl (C=O) groups is 1. The molecule has 0 unspecified atom stereocenters. The van der Waals surface area contributed by atoms with Crippen molar-refractivity contribution in [2.75, 3.05) is 0 Å². The Morgan fingerprint density at radius 3 is 2.20 bits per heavy atom. The molecule has 0 spiro atoms. The fourth-order valence-electron chi connectivity index (χ4n) is 0.272. The molecule has 0 heterocycles. The Hall–Kier alpha value is -1.05. The van der Waals surface area contributed by atoms with Crippen molar-refractivity contribution in [2.45, 2.75) is 20.8 Å². The third-order valence-corrected chi connectivity index (χ3v) is 1.07. The summed E-state index contributed by atoms with van der Waals surface area (Å²) in [6, 6.07) is 0. The normalized spacial score (nSPS) is 10.9. The number of carbonyl (C=O) groups excluding carboxylic acids is 1. The van der Waals surface area contributed by atoms with Crippen molar-refractivity contribution in [2.24, 2.45) is 0 Å². The highest BCUT2D eigenvalue weighted by molar-refractivity contribution is 5.66. The van der Waals surface area contributed by atoms with E-state index in [1.165, 1.54) is 13.2 Å². The first-order valence-corrected chi connectivity index (χ1v) is 3.04. The van der Waals surface area contributed by atoms with Gasteiger partial charge in [0.2, 0.25) is 0 Å². The van der Waals surface area contributed by atoms with Gasteiger partial charge in [-0.25, -0.2) is 0 Å². The molecule has 0 aliphatic rings. The van der Waals surface area contributed by atoms with Crippen LogP contribution in [0.15, 0.2) is 24.0 Å². The maximum Gasteiger partial charge on any atom is 0.307 e. The molecule has 0 aromatic rings. The van der Waals surface area contributed by atoms with Gasteiger partial charge < -0.3 is 4.74 Å². The SMILES string of the molecule is C=C(C)/C(C)=C\OC(C)=O. The van der Waals surface area contributed by atoms with Gasteiger partial charge in [0.25, 0.3) is 0 Å². The van der Waals surface area contributed by atoms with Crippen molar-refractivity contribution >= 4 is 5.97 Å². The van der Waals surface area contributed by atoms with E-state index in [2.05, 4.69) is 11.3 Å². The molecular weight excluding hydrogens is 128 g/mol. The van der Waals surface area contributed by atoms with Gasteiger partial charge in [-0.3, -0.25) is 4.79 Å². The molecule has 2 nitrogen and oxygen atoms in total. The van der Waals surface area contributed by atoms with E-state index >= 15 is 0 Å². The Morgan fingerprint density at radius 2 is 1.90 bits per heavy atom. The molecule has 0 bridgehead atoms. The monoisotopic (exact) mass is 140 g/mol. The van der Waals surface area contributed by atoms with E-state index < -0.39 is 0 Å². The van der Waals surface area contributed by atoms with Gasteiger partial charge in [0.05, 0.1) is 6.26 Å². The zero-order chi connectivity index (χ0) is 8.15. The van der Waals surface area contributed by atoms with Gasteiger partial charge in [-0.2, -0.15) is 0 Å². The highest BCUT2D eigenvalue weighted by atomic mass is 16.5. The summed E-state index contributed by atoms with van der Waals surface area (Å²) in [5.74, 6) is -0.305. The molecule has 0 saturated carbocycles. The number of hydrogen-bond acceptors (Lipinski definition) is 2. The van der Waals surface area contributed by atoms with E-state index in [0.717, 1.165) is 11.1 Å². The van der Waals surface area contributed by atoms with Crippen LogP contribution in [0, 0.1) is 0 Å². The topological polar surface area (TPSA) is 26.3 Å². The van der Waals surface area contributed by atoms with E-state index in [-0.39, 0.29) is 5.97 Å². The largest absolute Gasteiger partial charge is 0.434 e. The molecule has 0 N–H and O–H groups in total. The molecule has 0 atom stereocenters. The standard InChI is InChI=1S/C8H12O2/c1-6(2)7(3)5-10-8(4)9/h5H,1H2,2-4H3/b7-5-. The second kappa shape index (κ2) is 3.88. The van der Waals surface area contributed by atoms with Crippen LogP contribution in [0.2, 0.25) is 0 Å². The minimum absolute atomic E-state index is 0.305. The van der Waals surface area contributed by atoms with E-state index in [0.29, 0.717) is 0 Å². The Balaban J connectivity index is 3.92. The lowest BCUT2D eigenvalue weighted by Gasteiger charge is -1.97. The number of rotatable bonds is 2. The molecule has 0 aromatic carbocycles. The molecule has 0 rings (SSSR count). The highest BCUT2D eigenvalue weighted by Gasteiger charge is 1.90. The minimum atomic E-state index is -0.305. The van der Waals surface area contributed by atoms with Crippen LogP contribution in [-0.2, 0) is 9.53 Å². The van der Waals surface area contributed by atoms with Gasteiger partial charge in [0.15, 0.2) is 0 Å². The van der Waals surface area contributed by atoms with Crippen LogP contribution in [0.4, 0.5) is 0 Å². The van der Waals surface area contributed by atoms with Crippen molar-refractivity contribution in [1.82, 2.24) is 0 Å². The average molecular weight is 140 g/mol. The maximum atomic E-state index is 10.3. The summed E-state index contributed by atoms with van der Waals surface area (Å²) in [4.78, 5) is 10.3. The molecule has 0 fully saturated rings. The minimum Gasteiger partial charge on any atom is -0.434 e. The Morgan fingerprint density at radius 1 is 1.40 bits per heavy atom. The lowest BCUT2D eigenvalue weighted by Crippen LogP contribution is -1.91. The van der Waals surface area contributed by atoms with Crippen molar-refractivity contribution < 1.29 is 9.53 Å². The average Bonchev–Trinajstić information content (AvgIpc) is 1.82. The summed E-state index contributed by atoms with van der Waals surface area (Å²) < 4.78 is 4.60. The van der Waals surface area contributed by atoms with Crippen LogP contribution >= 0.6 is 0 Å². The van der Waals surface area contributed by atoms with Crippen LogP contribution in [0.1, 0.15) is 20.8 Å². The van der Waals surface area contributed by atoms with Crippen LogP contribution in [0.25, 0.3) is 0 Å². The molecule has 0 amide bonds. The lowest BCUT2D eigenvalue weighted by atomic mass is 10.2. The fourth-order valence-corrected chi connectivity index (χ4v) is 0.272. The summed E-state index contributed by atoms with van der Waals surface area (Å²) >= 11 is 0. The summed E-state index contributed by atoms with van der Waals surface area (Å²) in [5.41, 5.74) is 1.79. The molecule has 0 saturated heterocycles. The van der Waals surface area contributed by atoms with Gasteiger partial charge in [0, 0.05) is 6.92 Å². The van der Waals surface area contributed by atoms with Gasteiger partial charge in [-0.1, -0.05) is 12.2 Å². The first-order chi connectivity index (χ1) is 4.54. The van der Waals surface area contributed by atoms with Crippen molar-refractivity contribution in [3.05, 3.63) is 24.0 Å². The predicted molar refractivity (Wildman–Crippen MR) is 40.3 cm³/mol. The molecular formula is C8H12O2. The first-order valence-electron chi connectivity index (χ1n) is 3.04. The molecule has 56 valence electrons. The van der Waals surface area contributed by atoms with Crippen LogP contribution < -0.4 is 0 Å². The van der Waals surface area contributed by atoms with Gasteiger partial charge in [-0.15, -0.1) is 0 Å². The highest BCUT2D eigenvalue weighted by Crippen LogP contribution is 2.04. The Kier molecular flexibility index (Phi) is 3.47. The summed E-state index contributed by atoms with van der Waals surface area (Å²) in [5, 5.41) is 0. The molecule has 10 heavy (non-hydrogen) atoms. The Labute approximate surface area is 61.2 Å². The van der Waals surface area contributed by atoms with Crippen molar-refractivity contribution in [3.63, 3.8) is 0 Å². The van der Waals surface area contributed by atoms with E-state index in [4.69, 9.17) is 0 Å². The van der Waals surface area contributed by atoms with E-state index in [1.807, 2.05) is 13.8 Å². The van der Waals surface area contributed by atoms with Gasteiger partial charge in [-0.05, 0) is 19.4 Å². The molecule has 0 radical (unpaired) electrons. The maximum absolute atomic E-state index is 10.3. The van der Waals surface area contributed by atoms with Gasteiger partial charge in [0.1, 0.15) is 0 Å². The lowest BCUT2D eigenvalue weighted by molar-refractivity contribution is -0.135. The van der Waals surface area contributed by atoms with Crippen LogP contribution in [0.3, 0.4) is 0 Å². The Bertz CT molecular complexity index is 178. The zero-order valence-electron chi connectivity index (χ0n) is 6.60. The number of allylic oxidation sites excluding steroid dienone is 2. The first kappa shape index (κ1) is 8.95. The van der Waals surface area contributed by atoms with Crippen LogP contribution in [0.5, 0.6) is 0 Å². The predicted octanol–water partition coefficient (Wildman–Crippen LogP) is 2.03. The second-order valence-electron chi connectivity index (χ2n) is 2.19. The van der Waals surface area contributed by atoms with Crippen molar-refractivity contribution in [3.8, 4) is 0 Å². The smallest absolute Gasteiger partial charge is 0.307 e. The molecule has 0 aromatic heterocycles. The van der Waals surface area contributed by atoms with E-state index in [1.54, 1.807) is 0 Å². The third-order valence-electron chi connectivity index (χ3n) is 1.07. The second-order valence-corrected chi connectivity index (χ2v) is 2.19. The van der Waals surface area contributed by atoms with Crippen molar-refractivity contribution in [1.29, 1.82) is 0 Å². The molecule has 0 aliphatic heterocycles. The molecule has 2 heteroatoms. The number of hydrogen-bond donors (Lipinski definition) is 0. The quantitative estimate of drug-likeness (QED) is 0.333. The zero-order valence-corrected chi connectivity index (χ0v) is 6.60. The summed E-state index contributed by atoms with van der Waals surface area (Å²) in [7, 11) is 0. The summed E-state index contributed by atoms with van der Waals surface area (Å²) in [6.07, 6.45) is 1.41. The van der Waals surface area contributed by atoms with Crippen LogP contribution in [-0.4, -0.2) is 5.97 Å². The van der Waals surface area contributed by atoms with E-state index in [9.17, 15) is 4.79 Å². The number of esters is 1. The third kappa shape index (κ3) is 3.89. The van der Waals surface area contributed by atoms with Gasteiger partial charge >= 0.3 is 5.97 Å². The fraction of sp³-hybridized carbons (Fsp3) is 0.375. The molecule has 0 aliphatic carbocycles. The number of ether oxygens (including phenoxy) is 1.